The highest BCUT2D eigenvalue weighted by molar-refractivity contribution is 5.88. The molecule has 1 aromatic heterocycles. The fraction of sp³-hybridized carbons (Fsp3) is 0.353. The van der Waals surface area contributed by atoms with Crippen LogP contribution in [0.3, 0.4) is 0 Å². The number of rotatable bonds is 5. The second kappa shape index (κ2) is 6.85. The third kappa shape index (κ3) is 3.38. The predicted molar refractivity (Wildman–Crippen MR) is 82.6 cm³/mol. The summed E-state index contributed by atoms with van der Waals surface area (Å²) in [5.74, 6) is 0.303. The Morgan fingerprint density at radius 1 is 1.35 bits per heavy atom. The lowest BCUT2D eigenvalue weighted by Crippen LogP contribution is -2.39. The Morgan fingerprint density at radius 3 is 2.83 bits per heavy atom. The van der Waals surface area contributed by atoms with Gasteiger partial charge < -0.3 is 19.0 Å². The first-order chi connectivity index (χ1) is 11.2. The van der Waals surface area contributed by atoms with Crippen molar-refractivity contribution in [1.82, 2.24) is 4.90 Å². The van der Waals surface area contributed by atoms with E-state index in [4.69, 9.17) is 13.9 Å². The number of aromatic carboxylic acids is 1. The fourth-order valence-corrected chi connectivity index (χ4v) is 2.80. The molecule has 0 saturated carbocycles. The molecule has 1 aliphatic rings. The van der Waals surface area contributed by atoms with Gasteiger partial charge in [-0.05, 0) is 23.8 Å². The van der Waals surface area contributed by atoms with Gasteiger partial charge in [-0.3, -0.25) is 4.90 Å². The summed E-state index contributed by atoms with van der Waals surface area (Å²) in [6.45, 7) is 2.34. The molecule has 3 rings (SSSR count). The van der Waals surface area contributed by atoms with Gasteiger partial charge in [0.2, 0.25) is 0 Å². The Labute approximate surface area is 134 Å². The van der Waals surface area contributed by atoms with Crippen molar-refractivity contribution >= 4 is 5.97 Å². The first-order valence-electron chi connectivity index (χ1n) is 7.44. The van der Waals surface area contributed by atoms with Gasteiger partial charge >= 0.3 is 5.97 Å². The summed E-state index contributed by atoms with van der Waals surface area (Å²) in [5, 5.41) is 9.21. The molecule has 122 valence electrons. The number of carboxylic acids is 1. The van der Waals surface area contributed by atoms with Crippen molar-refractivity contribution in [3.8, 4) is 5.75 Å². The Balaban J connectivity index is 1.80. The van der Waals surface area contributed by atoms with Gasteiger partial charge in [-0.15, -0.1) is 0 Å². The topological polar surface area (TPSA) is 72.1 Å². The van der Waals surface area contributed by atoms with Crippen LogP contribution < -0.4 is 4.74 Å². The number of carbonyl (C=O) groups is 1. The van der Waals surface area contributed by atoms with Crippen molar-refractivity contribution in [1.29, 1.82) is 0 Å². The number of ether oxygens (including phenoxy) is 2. The fourth-order valence-electron chi connectivity index (χ4n) is 2.80. The largest absolute Gasteiger partial charge is 0.497 e. The molecule has 0 spiro atoms. The highest BCUT2D eigenvalue weighted by atomic mass is 16.5. The molecular weight excluding hydrogens is 298 g/mol. The number of hydrogen-bond donors (Lipinski definition) is 1. The summed E-state index contributed by atoms with van der Waals surface area (Å²) in [4.78, 5) is 13.4. The van der Waals surface area contributed by atoms with Crippen molar-refractivity contribution in [2.24, 2.45) is 0 Å². The maximum absolute atomic E-state index is 11.2. The van der Waals surface area contributed by atoms with Crippen LogP contribution in [0.25, 0.3) is 0 Å². The van der Waals surface area contributed by atoms with Gasteiger partial charge in [0, 0.05) is 6.54 Å². The summed E-state index contributed by atoms with van der Waals surface area (Å²) >= 11 is 0. The highest BCUT2D eigenvalue weighted by Crippen LogP contribution is 2.28. The number of methoxy groups -OCH3 is 1. The molecule has 1 N–H and O–H groups in total. The molecule has 0 aliphatic carbocycles. The monoisotopic (exact) mass is 317 g/mol. The molecule has 1 atom stereocenters. The van der Waals surface area contributed by atoms with E-state index >= 15 is 0 Å². The lowest BCUT2D eigenvalue weighted by atomic mass is 10.0. The maximum Gasteiger partial charge on any atom is 0.339 e. The molecule has 23 heavy (non-hydrogen) atoms. The molecule has 0 amide bonds. The van der Waals surface area contributed by atoms with E-state index in [1.807, 2.05) is 24.3 Å². The van der Waals surface area contributed by atoms with Crippen molar-refractivity contribution < 1.29 is 23.8 Å². The summed E-state index contributed by atoms with van der Waals surface area (Å²) < 4.78 is 16.2. The van der Waals surface area contributed by atoms with Gasteiger partial charge in [0.05, 0.1) is 39.2 Å². The van der Waals surface area contributed by atoms with Crippen LogP contribution in [0, 0.1) is 0 Å². The Morgan fingerprint density at radius 2 is 2.13 bits per heavy atom. The average molecular weight is 317 g/mol. The minimum Gasteiger partial charge on any atom is -0.497 e. The minimum absolute atomic E-state index is 0.0569. The number of carboxylic acid groups (broad SMARTS) is 1. The Bertz CT molecular complexity index is 664. The van der Waals surface area contributed by atoms with Gasteiger partial charge in [0.15, 0.2) is 0 Å². The van der Waals surface area contributed by atoms with Crippen LogP contribution >= 0.6 is 0 Å². The van der Waals surface area contributed by atoms with Crippen molar-refractivity contribution in [3.63, 3.8) is 0 Å². The van der Waals surface area contributed by atoms with Crippen molar-refractivity contribution in [2.75, 3.05) is 26.9 Å². The summed E-state index contributed by atoms with van der Waals surface area (Å²) in [7, 11) is 1.63. The third-order valence-corrected chi connectivity index (χ3v) is 4.06. The number of benzene rings is 1. The smallest absolute Gasteiger partial charge is 0.339 e. The Hall–Kier alpha value is -2.31. The minimum atomic E-state index is -0.969. The quantitative estimate of drug-likeness (QED) is 0.914. The molecule has 1 unspecified atom stereocenters. The summed E-state index contributed by atoms with van der Waals surface area (Å²) in [5.41, 5.74) is 1.32. The van der Waals surface area contributed by atoms with E-state index in [1.165, 1.54) is 12.3 Å². The zero-order chi connectivity index (χ0) is 16.2. The van der Waals surface area contributed by atoms with E-state index in [9.17, 15) is 9.90 Å². The number of furan rings is 1. The lowest BCUT2D eigenvalue weighted by molar-refractivity contribution is -0.0156. The second-order valence-electron chi connectivity index (χ2n) is 5.40. The van der Waals surface area contributed by atoms with Crippen LogP contribution in [-0.2, 0) is 11.3 Å². The molecular formula is C17H19NO5. The Kier molecular flexibility index (Phi) is 4.64. The number of hydrogen-bond acceptors (Lipinski definition) is 5. The van der Waals surface area contributed by atoms with Crippen molar-refractivity contribution in [2.45, 2.75) is 12.6 Å². The third-order valence-electron chi connectivity index (χ3n) is 4.06. The predicted octanol–water partition coefficient (Wildman–Crippen LogP) is 2.56. The van der Waals surface area contributed by atoms with Gasteiger partial charge in [0.25, 0.3) is 0 Å². The number of morpholine rings is 1. The van der Waals surface area contributed by atoms with Gasteiger partial charge in [-0.2, -0.15) is 0 Å². The maximum atomic E-state index is 11.2. The zero-order valence-electron chi connectivity index (χ0n) is 12.9. The second-order valence-corrected chi connectivity index (χ2v) is 5.40. The molecule has 1 fully saturated rings. The van der Waals surface area contributed by atoms with E-state index in [0.29, 0.717) is 25.5 Å². The number of nitrogens with zero attached hydrogens (tertiary/aromatic N) is 1. The molecule has 2 heterocycles. The van der Waals surface area contributed by atoms with E-state index in [2.05, 4.69) is 4.90 Å². The van der Waals surface area contributed by atoms with E-state index in [0.717, 1.165) is 17.9 Å². The molecule has 1 saturated heterocycles. The van der Waals surface area contributed by atoms with Crippen LogP contribution in [0.2, 0.25) is 0 Å². The summed E-state index contributed by atoms with van der Waals surface area (Å²) in [6, 6.07) is 9.38. The molecule has 6 nitrogen and oxygen atoms in total. The van der Waals surface area contributed by atoms with E-state index in [-0.39, 0.29) is 11.6 Å². The van der Waals surface area contributed by atoms with E-state index in [1.54, 1.807) is 7.11 Å². The molecule has 6 heteroatoms. The van der Waals surface area contributed by atoms with Crippen LogP contribution in [0.5, 0.6) is 5.75 Å². The molecule has 1 aromatic carbocycles. The van der Waals surface area contributed by atoms with Crippen LogP contribution in [0.1, 0.15) is 27.7 Å². The molecule has 0 bridgehead atoms. The normalized spacial score (nSPS) is 18.7. The van der Waals surface area contributed by atoms with Crippen LogP contribution in [0.15, 0.2) is 41.0 Å². The molecule has 0 radical (unpaired) electrons. The standard InChI is InChI=1S/C17H19NO5/c1-21-13-4-2-12(3-5-13)15-11-22-9-7-18(15)10-16-14(17(19)20)6-8-23-16/h2-6,8,15H,7,9-11H2,1H3,(H,19,20). The zero-order valence-corrected chi connectivity index (χ0v) is 12.9. The van der Waals surface area contributed by atoms with E-state index < -0.39 is 5.97 Å². The molecule has 1 aliphatic heterocycles. The molecule has 2 aromatic rings. The van der Waals surface area contributed by atoms with Crippen molar-refractivity contribution in [3.05, 3.63) is 53.5 Å². The average Bonchev–Trinajstić information content (AvgIpc) is 3.04. The first kappa shape index (κ1) is 15.6. The highest BCUT2D eigenvalue weighted by Gasteiger charge is 2.27. The van der Waals surface area contributed by atoms with Crippen LogP contribution in [-0.4, -0.2) is 42.8 Å². The first-order valence-corrected chi connectivity index (χ1v) is 7.44. The van der Waals surface area contributed by atoms with Gasteiger partial charge in [-0.25, -0.2) is 4.79 Å². The SMILES string of the molecule is COc1ccc(C2COCCN2Cc2occc2C(=O)O)cc1. The van der Waals surface area contributed by atoms with Crippen LogP contribution in [0.4, 0.5) is 0 Å². The summed E-state index contributed by atoms with van der Waals surface area (Å²) in [6.07, 6.45) is 1.42. The van der Waals surface area contributed by atoms with Gasteiger partial charge in [0.1, 0.15) is 17.1 Å². The van der Waals surface area contributed by atoms with Gasteiger partial charge in [-0.1, -0.05) is 12.1 Å². The lowest BCUT2D eigenvalue weighted by Gasteiger charge is -2.35.